The van der Waals surface area contributed by atoms with Crippen molar-refractivity contribution < 1.29 is 23.8 Å². The number of hydrogen-bond acceptors (Lipinski definition) is 5. The van der Waals surface area contributed by atoms with Gasteiger partial charge in [0.15, 0.2) is 5.41 Å². The van der Waals surface area contributed by atoms with Crippen LogP contribution < -0.4 is 0 Å². The number of ether oxygens (including phenoxy) is 3. The van der Waals surface area contributed by atoms with E-state index in [2.05, 4.69) is 5.92 Å². The second-order valence-corrected chi connectivity index (χ2v) is 4.74. The van der Waals surface area contributed by atoms with Crippen molar-refractivity contribution in [2.75, 3.05) is 14.2 Å². The van der Waals surface area contributed by atoms with Gasteiger partial charge < -0.3 is 14.2 Å². The monoisotopic (exact) mass is 288 g/mol. The van der Waals surface area contributed by atoms with Gasteiger partial charge in [-0.3, -0.25) is 9.59 Å². The third kappa shape index (κ3) is 2.39. The summed E-state index contributed by atoms with van der Waals surface area (Å²) in [6, 6.07) is 8.95. The lowest BCUT2D eigenvalue weighted by Crippen LogP contribution is -2.43. The fraction of sp³-hybridized carbons (Fsp3) is 0.375. The molecule has 1 aromatic rings. The van der Waals surface area contributed by atoms with E-state index in [4.69, 9.17) is 20.6 Å². The third-order valence-corrected chi connectivity index (χ3v) is 3.64. The zero-order chi connectivity index (χ0) is 15.5. The molecule has 1 aliphatic heterocycles. The number of esters is 2. The summed E-state index contributed by atoms with van der Waals surface area (Å²) < 4.78 is 15.4. The second kappa shape index (κ2) is 5.98. The highest BCUT2D eigenvalue weighted by Crippen LogP contribution is 2.49. The van der Waals surface area contributed by atoms with Gasteiger partial charge in [0.05, 0.1) is 14.2 Å². The Balaban J connectivity index is 2.55. The molecule has 1 aliphatic rings. The Kier molecular flexibility index (Phi) is 4.29. The Morgan fingerprint density at radius 1 is 1.24 bits per heavy atom. The van der Waals surface area contributed by atoms with Crippen molar-refractivity contribution in [3.8, 4) is 12.3 Å². The zero-order valence-electron chi connectivity index (χ0n) is 11.9. The molecule has 2 rings (SSSR count). The van der Waals surface area contributed by atoms with E-state index in [0.717, 1.165) is 0 Å². The number of hydrogen-bond donors (Lipinski definition) is 0. The average molecular weight is 288 g/mol. The molecule has 1 fully saturated rings. The molecule has 0 N–H and O–H groups in total. The van der Waals surface area contributed by atoms with Gasteiger partial charge in [-0.1, -0.05) is 36.3 Å². The first-order valence-corrected chi connectivity index (χ1v) is 6.43. The highest BCUT2D eigenvalue weighted by molar-refractivity contribution is 6.01. The molecule has 1 saturated heterocycles. The third-order valence-electron chi connectivity index (χ3n) is 3.64. The molecule has 0 aliphatic carbocycles. The van der Waals surface area contributed by atoms with Gasteiger partial charge in [0, 0.05) is 6.42 Å². The zero-order valence-corrected chi connectivity index (χ0v) is 11.9. The van der Waals surface area contributed by atoms with E-state index in [-0.39, 0.29) is 6.42 Å². The van der Waals surface area contributed by atoms with Crippen LogP contribution in [0.1, 0.15) is 18.1 Å². The van der Waals surface area contributed by atoms with Crippen LogP contribution in [0.3, 0.4) is 0 Å². The summed E-state index contributed by atoms with van der Waals surface area (Å²) in [4.78, 5) is 24.6. The molecule has 5 heteroatoms. The maximum atomic E-state index is 12.3. The normalized spacial score (nSPS) is 23.1. The van der Waals surface area contributed by atoms with Crippen LogP contribution in [-0.4, -0.2) is 32.3 Å². The van der Waals surface area contributed by atoms with Gasteiger partial charge in [-0.25, -0.2) is 0 Å². The lowest BCUT2D eigenvalue weighted by molar-refractivity contribution is -0.173. The number of benzene rings is 1. The molecule has 0 bridgehead atoms. The number of methoxy groups -OCH3 is 2. The Labute approximate surface area is 123 Å². The van der Waals surface area contributed by atoms with E-state index in [1.54, 1.807) is 24.3 Å². The molecule has 0 unspecified atom stereocenters. The van der Waals surface area contributed by atoms with Gasteiger partial charge in [0.25, 0.3) is 0 Å². The first kappa shape index (κ1) is 15.1. The number of carbonyl (C=O) groups is 2. The number of rotatable bonds is 3. The fourth-order valence-corrected chi connectivity index (χ4v) is 2.65. The van der Waals surface area contributed by atoms with E-state index < -0.39 is 29.6 Å². The maximum absolute atomic E-state index is 12.3. The van der Waals surface area contributed by atoms with Crippen LogP contribution in [0.5, 0.6) is 0 Å². The van der Waals surface area contributed by atoms with Crippen LogP contribution in [0.2, 0.25) is 0 Å². The van der Waals surface area contributed by atoms with Crippen LogP contribution >= 0.6 is 0 Å². The minimum absolute atomic E-state index is 0.0302. The highest BCUT2D eigenvalue weighted by Gasteiger charge is 2.61. The Morgan fingerprint density at radius 2 is 1.81 bits per heavy atom. The largest absolute Gasteiger partial charge is 0.468 e. The fourth-order valence-electron chi connectivity index (χ4n) is 2.65. The topological polar surface area (TPSA) is 61.8 Å². The van der Waals surface area contributed by atoms with Gasteiger partial charge in [-0.2, -0.15) is 0 Å². The molecule has 5 nitrogen and oxygen atoms in total. The van der Waals surface area contributed by atoms with Gasteiger partial charge >= 0.3 is 11.9 Å². The number of terminal acetylenes is 1. The standard InChI is InChI=1S/C16H16O5/c1-4-12-10-16(14(17)19-2,15(18)20-3)13(21-12)11-8-6-5-7-9-11/h1,5-9,12-13H,10H2,2-3H3/t12-,13-/m1/s1. The van der Waals surface area contributed by atoms with Gasteiger partial charge in [0.2, 0.25) is 0 Å². The Morgan fingerprint density at radius 3 is 2.29 bits per heavy atom. The van der Waals surface area contributed by atoms with Crippen LogP contribution in [0.15, 0.2) is 30.3 Å². The van der Waals surface area contributed by atoms with Crippen LogP contribution in [-0.2, 0) is 23.8 Å². The van der Waals surface area contributed by atoms with Crippen molar-refractivity contribution in [2.24, 2.45) is 5.41 Å². The summed E-state index contributed by atoms with van der Waals surface area (Å²) >= 11 is 0. The van der Waals surface area contributed by atoms with Crippen molar-refractivity contribution in [1.82, 2.24) is 0 Å². The Bertz CT molecular complexity index is 556. The quantitative estimate of drug-likeness (QED) is 0.479. The Hall–Kier alpha value is -2.32. The van der Waals surface area contributed by atoms with Crippen molar-refractivity contribution in [3.05, 3.63) is 35.9 Å². The van der Waals surface area contributed by atoms with Crippen LogP contribution in [0.25, 0.3) is 0 Å². The van der Waals surface area contributed by atoms with Crippen molar-refractivity contribution in [2.45, 2.75) is 18.6 Å². The molecule has 0 spiro atoms. The molecule has 1 heterocycles. The molecule has 0 aromatic heterocycles. The molecule has 0 radical (unpaired) electrons. The number of carbonyl (C=O) groups excluding carboxylic acids is 2. The van der Waals surface area contributed by atoms with Gasteiger partial charge in [-0.05, 0) is 5.56 Å². The summed E-state index contributed by atoms with van der Waals surface area (Å²) in [6.07, 6.45) is 3.94. The molecule has 1 aromatic carbocycles. The predicted octanol–water partition coefficient (Wildman–Crippen LogP) is 1.48. The molecule has 2 atom stereocenters. The first-order chi connectivity index (χ1) is 10.1. The minimum Gasteiger partial charge on any atom is -0.468 e. The van der Waals surface area contributed by atoms with Crippen LogP contribution in [0.4, 0.5) is 0 Å². The second-order valence-electron chi connectivity index (χ2n) is 4.74. The van der Waals surface area contributed by atoms with E-state index in [1.807, 2.05) is 6.07 Å². The molecular formula is C16H16O5. The smallest absolute Gasteiger partial charge is 0.326 e. The lowest BCUT2D eigenvalue weighted by atomic mass is 9.77. The lowest BCUT2D eigenvalue weighted by Gasteiger charge is -2.28. The van der Waals surface area contributed by atoms with E-state index in [9.17, 15) is 9.59 Å². The molecular weight excluding hydrogens is 272 g/mol. The van der Waals surface area contributed by atoms with Crippen molar-refractivity contribution >= 4 is 11.9 Å². The summed E-state index contributed by atoms with van der Waals surface area (Å²) in [7, 11) is 2.44. The van der Waals surface area contributed by atoms with E-state index in [0.29, 0.717) is 5.56 Å². The maximum Gasteiger partial charge on any atom is 0.326 e. The summed E-state index contributed by atoms with van der Waals surface area (Å²) in [5.41, 5.74) is -0.909. The van der Waals surface area contributed by atoms with Crippen molar-refractivity contribution in [3.63, 3.8) is 0 Å². The average Bonchev–Trinajstić information content (AvgIpc) is 2.95. The molecule has 0 saturated carbocycles. The molecule has 0 amide bonds. The van der Waals surface area contributed by atoms with Crippen LogP contribution in [0, 0.1) is 17.8 Å². The van der Waals surface area contributed by atoms with Crippen molar-refractivity contribution in [1.29, 1.82) is 0 Å². The van der Waals surface area contributed by atoms with E-state index in [1.165, 1.54) is 14.2 Å². The summed E-state index contributed by atoms with van der Waals surface area (Å²) in [5, 5.41) is 0. The predicted molar refractivity (Wildman–Crippen MR) is 74.0 cm³/mol. The van der Waals surface area contributed by atoms with Gasteiger partial charge in [-0.15, -0.1) is 6.42 Å². The first-order valence-electron chi connectivity index (χ1n) is 6.43. The SMILES string of the molecule is C#C[C@@H]1CC(C(=O)OC)(C(=O)OC)[C@@H](c2ccccc2)O1. The van der Waals surface area contributed by atoms with E-state index >= 15 is 0 Å². The highest BCUT2D eigenvalue weighted by atomic mass is 16.6. The molecule has 21 heavy (non-hydrogen) atoms. The summed E-state index contributed by atoms with van der Waals surface area (Å²) in [5.74, 6) is 1.02. The summed E-state index contributed by atoms with van der Waals surface area (Å²) in [6.45, 7) is 0. The van der Waals surface area contributed by atoms with Gasteiger partial charge in [0.1, 0.15) is 12.2 Å². The molecule has 110 valence electrons. The minimum atomic E-state index is -1.58.